The van der Waals surface area contributed by atoms with Gasteiger partial charge in [0.25, 0.3) is 12.6 Å². The predicted molar refractivity (Wildman–Crippen MR) is 105 cm³/mol. The summed E-state index contributed by atoms with van der Waals surface area (Å²) in [5, 5.41) is 1.21. The summed E-state index contributed by atoms with van der Waals surface area (Å²) in [6.45, 7) is 4.86. The van der Waals surface area contributed by atoms with Gasteiger partial charge in [0.1, 0.15) is 11.5 Å². The van der Waals surface area contributed by atoms with Gasteiger partial charge in [-0.1, -0.05) is 12.1 Å². The van der Waals surface area contributed by atoms with Gasteiger partial charge in [-0.05, 0) is 17.5 Å². The molecule has 0 unspecified atom stereocenters. The van der Waals surface area contributed by atoms with E-state index in [2.05, 4.69) is 0 Å². The van der Waals surface area contributed by atoms with Crippen molar-refractivity contribution in [2.24, 2.45) is 0 Å². The van der Waals surface area contributed by atoms with Crippen molar-refractivity contribution in [3.63, 3.8) is 0 Å². The maximum absolute atomic E-state index is 11.8. The minimum atomic E-state index is -1.20. The van der Waals surface area contributed by atoms with Crippen LogP contribution in [-0.4, -0.2) is 36.5 Å². The van der Waals surface area contributed by atoms with Crippen LogP contribution in [0.4, 0.5) is 0 Å². The number of esters is 4. The molecule has 0 fully saturated rings. The van der Waals surface area contributed by atoms with Crippen LogP contribution >= 0.6 is 0 Å². The highest BCUT2D eigenvalue weighted by Gasteiger charge is 2.46. The van der Waals surface area contributed by atoms with Crippen LogP contribution < -0.4 is 9.47 Å². The molecule has 2 aliphatic rings. The quantitative estimate of drug-likeness (QED) is 0.513. The predicted octanol–water partition coefficient (Wildman–Crippen LogP) is 2.61. The number of hydrogen-bond acceptors (Lipinski definition) is 10. The zero-order chi connectivity index (χ0) is 23.2. The number of rotatable bonds is 4. The molecule has 0 saturated heterocycles. The van der Waals surface area contributed by atoms with Crippen LogP contribution in [0.25, 0.3) is 10.8 Å². The van der Waals surface area contributed by atoms with E-state index >= 15 is 0 Å². The molecule has 4 rings (SSSR count). The fourth-order valence-corrected chi connectivity index (χ4v) is 3.94. The number of carbonyl (C=O) groups is 4. The van der Waals surface area contributed by atoms with Gasteiger partial charge in [-0.2, -0.15) is 0 Å². The van der Waals surface area contributed by atoms with Crippen molar-refractivity contribution >= 4 is 34.6 Å². The summed E-state index contributed by atoms with van der Waals surface area (Å²) in [4.78, 5) is 46.8. The van der Waals surface area contributed by atoms with Gasteiger partial charge in [0.05, 0.1) is 11.1 Å². The first kappa shape index (κ1) is 21.4. The van der Waals surface area contributed by atoms with Gasteiger partial charge in [-0.3, -0.25) is 19.2 Å². The molecule has 2 aliphatic heterocycles. The normalized spacial score (nSPS) is 22.8. The van der Waals surface area contributed by atoms with Crippen LogP contribution in [0, 0.1) is 0 Å². The molecule has 0 bridgehead atoms. The Labute approximate surface area is 182 Å². The van der Waals surface area contributed by atoms with Gasteiger partial charge in [0, 0.05) is 33.1 Å². The van der Waals surface area contributed by atoms with Gasteiger partial charge in [-0.25, -0.2) is 0 Å². The average molecular weight is 444 g/mol. The first-order valence-corrected chi connectivity index (χ1v) is 9.77. The van der Waals surface area contributed by atoms with Crippen LogP contribution in [-0.2, 0) is 38.1 Å². The molecule has 0 saturated carbocycles. The lowest BCUT2D eigenvalue weighted by Gasteiger charge is -2.20. The number of ether oxygens (including phenoxy) is 6. The zero-order valence-corrected chi connectivity index (χ0v) is 17.7. The fourth-order valence-electron chi connectivity index (χ4n) is 3.94. The highest BCUT2D eigenvalue weighted by molar-refractivity contribution is 5.94. The molecule has 0 N–H and O–H groups in total. The monoisotopic (exact) mass is 444 g/mol. The third-order valence-corrected chi connectivity index (χ3v) is 4.89. The lowest BCUT2D eigenvalue weighted by Crippen LogP contribution is -2.28. The molecule has 168 valence electrons. The standard InChI is InChI=1S/C22H20O10/c1-9(23)27-19-17-14(31-21(19)29-11(3)25)7-5-13-6-8-15-18(16(13)17)20(28-10(2)24)22(32-15)30-12(4)26/h5-8,19-22H,1-4H3/t19-,20+,21-,22+. The van der Waals surface area contributed by atoms with Crippen molar-refractivity contribution in [1.82, 2.24) is 0 Å². The number of fused-ring (bicyclic) bond motifs is 5. The van der Waals surface area contributed by atoms with E-state index in [4.69, 9.17) is 28.4 Å². The number of hydrogen-bond donors (Lipinski definition) is 0. The Morgan fingerprint density at radius 1 is 0.625 bits per heavy atom. The minimum absolute atomic E-state index is 0.320. The van der Waals surface area contributed by atoms with E-state index in [1.54, 1.807) is 24.3 Å². The first-order valence-electron chi connectivity index (χ1n) is 9.77. The minimum Gasteiger partial charge on any atom is -0.450 e. The largest absolute Gasteiger partial charge is 0.450 e. The van der Waals surface area contributed by atoms with Gasteiger partial charge >= 0.3 is 23.9 Å². The molecule has 2 heterocycles. The van der Waals surface area contributed by atoms with Crippen LogP contribution in [0.1, 0.15) is 51.0 Å². The molecule has 10 heteroatoms. The molecular weight excluding hydrogens is 424 g/mol. The zero-order valence-electron chi connectivity index (χ0n) is 17.7. The van der Waals surface area contributed by atoms with Crippen molar-refractivity contribution in [3.05, 3.63) is 35.4 Å². The Morgan fingerprint density at radius 2 is 1.00 bits per heavy atom. The smallest absolute Gasteiger partial charge is 0.305 e. The van der Waals surface area contributed by atoms with E-state index < -0.39 is 48.7 Å². The van der Waals surface area contributed by atoms with E-state index in [-0.39, 0.29) is 0 Å². The topological polar surface area (TPSA) is 124 Å². The molecule has 0 spiro atoms. The van der Waals surface area contributed by atoms with Crippen molar-refractivity contribution in [2.45, 2.75) is 52.5 Å². The summed E-state index contributed by atoms with van der Waals surface area (Å²) in [7, 11) is 0. The van der Waals surface area contributed by atoms with Gasteiger partial charge in [0.15, 0.2) is 0 Å². The Morgan fingerprint density at radius 3 is 1.34 bits per heavy atom. The van der Waals surface area contributed by atoms with Gasteiger partial charge in [-0.15, -0.1) is 0 Å². The lowest BCUT2D eigenvalue weighted by atomic mass is 9.93. The van der Waals surface area contributed by atoms with E-state index in [1.165, 1.54) is 27.7 Å². The summed E-state index contributed by atoms with van der Waals surface area (Å²) >= 11 is 0. The summed E-state index contributed by atoms with van der Waals surface area (Å²) < 4.78 is 32.8. The Bertz CT molecular complexity index is 1050. The van der Waals surface area contributed by atoms with Crippen molar-refractivity contribution in [1.29, 1.82) is 0 Å². The molecule has 0 aromatic heterocycles. The number of carbonyl (C=O) groups excluding carboxylic acids is 4. The summed E-state index contributed by atoms with van der Waals surface area (Å²) in [5.74, 6) is -1.82. The van der Waals surface area contributed by atoms with E-state index in [0.29, 0.717) is 33.4 Å². The second kappa shape index (κ2) is 8.03. The van der Waals surface area contributed by atoms with E-state index in [0.717, 1.165) is 0 Å². The number of benzene rings is 2. The SMILES string of the molecule is CC(=O)O[C@@H]1Oc2ccc3ccc4c(c3c2[C@H]1OC(C)=O)[C@H](OC(C)=O)[C@@H](OC(C)=O)O4. The molecule has 0 amide bonds. The Hall–Kier alpha value is -3.82. The third-order valence-electron chi connectivity index (χ3n) is 4.89. The molecule has 32 heavy (non-hydrogen) atoms. The van der Waals surface area contributed by atoms with Crippen LogP contribution in [0.15, 0.2) is 24.3 Å². The van der Waals surface area contributed by atoms with Crippen LogP contribution in [0.2, 0.25) is 0 Å². The summed E-state index contributed by atoms with van der Waals surface area (Å²) in [6.07, 6.45) is -4.56. The molecule has 2 aromatic carbocycles. The highest BCUT2D eigenvalue weighted by atomic mass is 16.7. The highest BCUT2D eigenvalue weighted by Crippen LogP contribution is 2.51. The lowest BCUT2D eigenvalue weighted by molar-refractivity contribution is -0.184. The molecule has 0 aliphatic carbocycles. The molecule has 4 atom stereocenters. The fraction of sp³-hybridized carbons (Fsp3) is 0.364. The maximum atomic E-state index is 11.8. The first-order chi connectivity index (χ1) is 15.2. The van der Waals surface area contributed by atoms with Crippen LogP contribution in [0.5, 0.6) is 11.5 Å². The Balaban J connectivity index is 1.92. The van der Waals surface area contributed by atoms with Crippen molar-refractivity contribution in [2.75, 3.05) is 0 Å². The van der Waals surface area contributed by atoms with Crippen molar-refractivity contribution in [3.8, 4) is 11.5 Å². The maximum Gasteiger partial charge on any atom is 0.305 e. The second-order valence-electron chi connectivity index (χ2n) is 7.30. The summed E-state index contributed by atoms with van der Waals surface area (Å²) in [6, 6.07) is 6.81. The molecular formula is C22H20O10. The molecule has 2 aromatic rings. The summed E-state index contributed by atoms with van der Waals surface area (Å²) in [5.41, 5.74) is 0.843. The molecule has 10 nitrogen and oxygen atoms in total. The Kier molecular flexibility index (Phi) is 5.37. The second-order valence-corrected chi connectivity index (χ2v) is 7.30. The van der Waals surface area contributed by atoms with Gasteiger partial charge < -0.3 is 28.4 Å². The van der Waals surface area contributed by atoms with Crippen LogP contribution in [0.3, 0.4) is 0 Å². The van der Waals surface area contributed by atoms with Crippen molar-refractivity contribution < 1.29 is 47.6 Å². The van der Waals surface area contributed by atoms with Gasteiger partial charge in [0.2, 0.25) is 12.2 Å². The van der Waals surface area contributed by atoms with E-state index in [9.17, 15) is 19.2 Å². The average Bonchev–Trinajstić information content (AvgIpc) is 3.18. The van der Waals surface area contributed by atoms with E-state index in [1.807, 2.05) is 0 Å². The third kappa shape index (κ3) is 3.79. The molecule has 0 radical (unpaired) electrons.